The average Bonchev–Trinajstić information content (AvgIpc) is 3.20. The molecule has 0 radical (unpaired) electrons. The summed E-state index contributed by atoms with van der Waals surface area (Å²) in [5.41, 5.74) is 0.386. The number of methoxy groups -OCH3 is 1. The maximum absolute atomic E-state index is 12.5. The first kappa shape index (κ1) is 15.8. The highest BCUT2D eigenvalue weighted by atomic mass is 35.5. The number of halogens is 1. The average molecular weight is 336 g/mol. The smallest absolute Gasteiger partial charge is 0.260 e. The molecule has 23 heavy (non-hydrogen) atoms. The first-order valence-corrected chi connectivity index (χ1v) is 7.79. The molecule has 0 aliphatic carbocycles. The lowest BCUT2D eigenvalue weighted by Gasteiger charge is -2.13. The van der Waals surface area contributed by atoms with E-state index >= 15 is 0 Å². The molecule has 1 amide bonds. The van der Waals surface area contributed by atoms with Crippen molar-refractivity contribution in [1.82, 2.24) is 9.78 Å². The third kappa shape index (κ3) is 3.65. The molecule has 2 heterocycles. The zero-order chi connectivity index (χ0) is 16.2. The number of carbonyl (C=O) groups is 1. The number of aromatic nitrogens is 2. The Kier molecular flexibility index (Phi) is 4.83. The summed E-state index contributed by atoms with van der Waals surface area (Å²) in [6.07, 6.45) is 2.68. The SMILES string of the molecule is COc1ccc(Cl)cc1C(=O)Nc1ccnn1C[C@H]1CCOC1. The Morgan fingerprint density at radius 1 is 1.52 bits per heavy atom. The predicted molar refractivity (Wildman–Crippen MR) is 87.1 cm³/mol. The molecular weight excluding hydrogens is 318 g/mol. The van der Waals surface area contributed by atoms with Crippen LogP contribution in [0.25, 0.3) is 0 Å². The first-order valence-electron chi connectivity index (χ1n) is 7.42. The van der Waals surface area contributed by atoms with E-state index in [4.69, 9.17) is 21.1 Å². The number of benzene rings is 1. The second-order valence-corrected chi connectivity index (χ2v) is 5.86. The minimum absolute atomic E-state index is 0.284. The number of anilines is 1. The third-order valence-corrected chi connectivity index (χ3v) is 4.05. The molecule has 0 bridgehead atoms. The van der Waals surface area contributed by atoms with E-state index in [1.807, 2.05) is 0 Å². The van der Waals surface area contributed by atoms with Gasteiger partial charge in [0, 0.05) is 30.2 Å². The van der Waals surface area contributed by atoms with Crippen molar-refractivity contribution >= 4 is 23.3 Å². The lowest BCUT2D eigenvalue weighted by molar-refractivity contribution is 0.102. The van der Waals surface area contributed by atoms with Crippen LogP contribution in [0.15, 0.2) is 30.5 Å². The molecule has 1 aliphatic rings. The zero-order valence-electron chi connectivity index (χ0n) is 12.8. The van der Waals surface area contributed by atoms with E-state index in [9.17, 15) is 4.79 Å². The molecule has 1 atom stereocenters. The Morgan fingerprint density at radius 2 is 2.39 bits per heavy atom. The molecule has 0 saturated carbocycles. The molecular formula is C16H18ClN3O3. The lowest BCUT2D eigenvalue weighted by atomic mass is 10.1. The molecule has 1 aromatic heterocycles. The highest BCUT2D eigenvalue weighted by Crippen LogP contribution is 2.24. The normalized spacial score (nSPS) is 17.2. The van der Waals surface area contributed by atoms with Gasteiger partial charge in [-0.05, 0) is 24.6 Å². The number of carbonyl (C=O) groups excluding carboxylic acids is 1. The van der Waals surface area contributed by atoms with Crippen LogP contribution in [-0.2, 0) is 11.3 Å². The van der Waals surface area contributed by atoms with Gasteiger partial charge in [0.15, 0.2) is 0 Å². The van der Waals surface area contributed by atoms with Gasteiger partial charge in [0.1, 0.15) is 11.6 Å². The number of ether oxygens (including phenoxy) is 2. The van der Waals surface area contributed by atoms with Crippen LogP contribution in [0, 0.1) is 5.92 Å². The van der Waals surface area contributed by atoms with Crippen LogP contribution < -0.4 is 10.1 Å². The van der Waals surface area contributed by atoms with Gasteiger partial charge in [0.2, 0.25) is 0 Å². The molecule has 1 fully saturated rings. The van der Waals surface area contributed by atoms with Crippen LogP contribution in [0.2, 0.25) is 5.02 Å². The number of hydrogen-bond donors (Lipinski definition) is 1. The van der Waals surface area contributed by atoms with Gasteiger partial charge in [-0.25, -0.2) is 4.68 Å². The summed E-state index contributed by atoms with van der Waals surface area (Å²) in [7, 11) is 1.52. The fourth-order valence-electron chi connectivity index (χ4n) is 2.60. The maximum atomic E-state index is 12.5. The minimum Gasteiger partial charge on any atom is -0.496 e. The molecule has 3 rings (SSSR count). The number of nitrogens with one attached hydrogen (secondary N) is 1. The summed E-state index contributed by atoms with van der Waals surface area (Å²) < 4.78 is 12.4. The van der Waals surface area contributed by atoms with Crippen LogP contribution in [0.5, 0.6) is 5.75 Å². The molecule has 6 nitrogen and oxygen atoms in total. The summed E-state index contributed by atoms with van der Waals surface area (Å²) in [6, 6.07) is 6.71. The van der Waals surface area contributed by atoms with Crippen LogP contribution in [0.4, 0.5) is 5.82 Å². The van der Waals surface area contributed by atoms with Gasteiger partial charge in [-0.2, -0.15) is 5.10 Å². The molecule has 1 N–H and O–H groups in total. The summed E-state index contributed by atoms with van der Waals surface area (Å²) in [6.45, 7) is 2.23. The Morgan fingerprint density at radius 3 is 3.13 bits per heavy atom. The number of amides is 1. The van der Waals surface area contributed by atoms with E-state index < -0.39 is 0 Å². The van der Waals surface area contributed by atoms with E-state index in [0.29, 0.717) is 28.1 Å². The van der Waals surface area contributed by atoms with Crippen LogP contribution in [0.1, 0.15) is 16.8 Å². The molecule has 0 spiro atoms. The van der Waals surface area contributed by atoms with Gasteiger partial charge in [-0.15, -0.1) is 0 Å². The van der Waals surface area contributed by atoms with Gasteiger partial charge >= 0.3 is 0 Å². The van der Waals surface area contributed by atoms with E-state index in [2.05, 4.69) is 10.4 Å². The van der Waals surface area contributed by atoms with Crippen molar-refractivity contribution in [3.8, 4) is 5.75 Å². The second-order valence-electron chi connectivity index (χ2n) is 5.43. The molecule has 2 aromatic rings. The Hall–Kier alpha value is -2.05. The monoisotopic (exact) mass is 335 g/mol. The summed E-state index contributed by atoms with van der Waals surface area (Å²) >= 11 is 5.98. The highest BCUT2D eigenvalue weighted by Gasteiger charge is 2.19. The Balaban J connectivity index is 1.76. The number of nitrogens with zero attached hydrogens (tertiary/aromatic N) is 2. The fraction of sp³-hybridized carbons (Fsp3) is 0.375. The van der Waals surface area contributed by atoms with E-state index in [0.717, 1.165) is 26.2 Å². The first-order chi connectivity index (χ1) is 11.2. The molecule has 1 aliphatic heterocycles. The van der Waals surface area contributed by atoms with Crippen molar-refractivity contribution in [3.05, 3.63) is 41.0 Å². The Labute approximate surface area is 139 Å². The molecule has 122 valence electrons. The van der Waals surface area contributed by atoms with Crippen molar-refractivity contribution in [2.24, 2.45) is 5.92 Å². The summed E-state index contributed by atoms with van der Waals surface area (Å²) in [5.74, 6) is 1.26. The molecule has 1 aromatic carbocycles. The zero-order valence-corrected chi connectivity index (χ0v) is 13.5. The summed E-state index contributed by atoms with van der Waals surface area (Å²) in [5, 5.41) is 7.62. The van der Waals surface area contributed by atoms with Gasteiger partial charge in [0.25, 0.3) is 5.91 Å². The predicted octanol–water partition coefficient (Wildman–Crippen LogP) is 2.83. The van der Waals surface area contributed by atoms with Gasteiger partial charge in [0.05, 0.1) is 25.5 Å². The van der Waals surface area contributed by atoms with Crippen LogP contribution >= 0.6 is 11.6 Å². The lowest BCUT2D eigenvalue weighted by Crippen LogP contribution is -2.19. The van der Waals surface area contributed by atoms with E-state index in [1.54, 1.807) is 35.1 Å². The van der Waals surface area contributed by atoms with Crippen LogP contribution in [0.3, 0.4) is 0 Å². The number of hydrogen-bond acceptors (Lipinski definition) is 4. The fourth-order valence-corrected chi connectivity index (χ4v) is 2.77. The maximum Gasteiger partial charge on any atom is 0.260 e. The molecule has 0 unspecified atom stereocenters. The summed E-state index contributed by atoms with van der Waals surface area (Å²) in [4.78, 5) is 12.5. The topological polar surface area (TPSA) is 65.4 Å². The minimum atomic E-state index is -0.284. The van der Waals surface area contributed by atoms with E-state index in [1.165, 1.54) is 7.11 Å². The van der Waals surface area contributed by atoms with Crippen molar-refractivity contribution in [1.29, 1.82) is 0 Å². The van der Waals surface area contributed by atoms with Crippen molar-refractivity contribution < 1.29 is 14.3 Å². The standard InChI is InChI=1S/C16H18ClN3O3/c1-22-14-3-2-12(17)8-13(14)16(21)19-15-4-6-18-20(15)9-11-5-7-23-10-11/h2-4,6,8,11H,5,7,9-10H2,1H3,(H,19,21)/t11-/m1/s1. The largest absolute Gasteiger partial charge is 0.496 e. The van der Waals surface area contributed by atoms with E-state index in [-0.39, 0.29) is 5.91 Å². The Bertz CT molecular complexity index is 696. The number of rotatable bonds is 5. The second kappa shape index (κ2) is 7.02. The molecule has 7 heteroatoms. The van der Waals surface area contributed by atoms with Gasteiger partial charge in [-0.3, -0.25) is 4.79 Å². The molecule has 1 saturated heterocycles. The van der Waals surface area contributed by atoms with Gasteiger partial charge in [-0.1, -0.05) is 11.6 Å². The van der Waals surface area contributed by atoms with Crippen molar-refractivity contribution in [3.63, 3.8) is 0 Å². The van der Waals surface area contributed by atoms with Crippen molar-refractivity contribution in [2.45, 2.75) is 13.0 Å². The third-order valence-electron chi connectivity index (χ3n) is 3.82. The van der Waals surface area contributed by atoms with Gasteiger partial charge < -0.3 is 14.8 Å². The highest BCUT2D eigenvalue weighted by molar-refractivity contribution is 6.31. The quantitative estimate of drug-likeness (QED) is 0.912. The van der Waals surface area contributed by atoms with Crippen LogP contribution in [-0.4, -0.2) is 36.0 Å². The van der Waals surface area contributed by atoms with Crippen molar-refractivity contribution in [2.75, 3.05) is 25.6 Å².